The highest BCUT2D eigenvalue weighted by atomic mass is 16.2. The number of hydrogen-bond acceptors (Lipinski definition) is 2. The number of hydrogen-bond donors (Lipinski definition) is 1. The number of nitrogens with one attached hydrogen (secondary N) is 1. The number of aromatic nitrogens is 1. The zero-order valence-corrected chi connectivity index (χ0v) is 15.0. The van der Waals surface area contributed by atoms with E-state index in [9.17, 15) is 9.59 Å². The van der Waals surface area contributed by atoms with Crippen molar-refractivity contribution < 1.29 is 9.59 Å². The van der Waals surface area contributed by atoms with E-state index in [1.807, 2.05) is 47.6 Å². The van der Waals surface area contributed by atoms with Gasteiger partial charge in [0.2, 0.25) is 5.91 Å². The van der Waals surface area contributed by atoms with Crippen LogP contribution in [-0.2, 0) is 17.8 Å². The fraction of sp³-hybridized carbons (Fsp3) is 0.400. The molecule has 0 bridgehead atoms. The highest BCUT2D eigenvalue weighted by Crippen LogP contribution is 2.07. The van der Waals surface area contributed by atoms with Crippen LogP contribution in [-0.4, -0.2) is 59.0 Å². The van der Waals surface area contributed by atoms with Crippen LogP contribution >= 0.6 is 0 Å². The van der Waals surface area contributed by atoms with Crippen LogP contribution in [0.4, 0.5) is 4.79 Å². The van der Waals surface area contributed by atoms with E-state index in [1.165, 1.54) is 5.56 Å². The number of amides is 3. The molecular weight excluding hydrogens is 328 g/mol. The van der Waals surface area contributed by atoms with Gasteiger partial charge < -0.3 is 19.7 Å². The Morgan fingerprint density at radius 1 is 1.00 bits per heavy atom. The Labute approximate surface area is 154 Å². The predicted molar refractivity (Wildman–Crippen MR) is 101 cm³/mol. The number of nitrogens with zero attached hydrogens (tertiary/aromatic N) is 3. The SMILES string of the molecule is O=C1CN(C(=O)NCCCn2cccc2)CCN1CCc1ccccc1. The second kappa shape index (κ2) is 9.08. The highest BCUT2D eigenvalue weighted by Gasteiger charge is 2.26. The minimum Gasteiger partial charge on any atom is -0.354 e. The minimum atomic E-state index is -0.145. The molecule has 3 rings (SSSR count). The number of carbonyl (C=O) groups excluding carboxylic acids is 2. The van der Waals surface area contributed by atoms with E-state index in [-0.39, 0.29) is 18.5 Å². The molecule has 6 nitrogen and oxygen atoms in total. The summed E-state index contributed by atoms with van der Waals surface area (Å²) in [6, 6.07) is 14.0. The normalized spacial score (nSPS) is 14.5. The number of piperazine rings is 1. The van der Waals surface area contributed by atoms with E-state index < -0.39 is 0 Å². The summed E-state index contributed by atoms with van der Waals surface area (Å²) in [6.45, 7) is 3.54. The van der Waals surface area contributed by atoms with Crippen molar-refractivity contribution in [3.8, 4) is 0 Å². The van der Waals surface area contributed by atoms with Crippen LogP contribution in [0.15, 0.2) is 54.9 Å². The molecule has 1 N–H and O–H groups in total. The Hall–Kier alpha value is -2.76. The van der Waals surface area contributed by atoms with E-state index in [1.54, 1.807) is 4.90 Å². The topological polar surface area (TPSA) is 57.6 Å². The monoisotopic (exact) mass is 354 g/mol. The molecule has 26 heavy (non-hydrogen) atoms. The third-order valence-electron chi connectivity index (χ3n) is 4.65. The van der Waals surface area contributed by atoms with Gasteiger partial charge in [0.05, 0.1) is 0 Å². The molecule has 1 aliphatic heterocycles. The summed E-state index contributed by atoms with van der Waals surface area (Å²) in [6.07, 6.45) is 5.73. The molecule has 2 aromatic rings. The number of carbonyl (C=O) groups is 2. The van der Waals surface area contributed by atoms with E-state index in [0.717, 1.165) is 19.4 Å². The minimum absolute atomic E-state index is 0.0228. The van der Waals surface area contributed by atoms with Crippen LogP contribution in [0.1, 0.15) is 12.0 Å². The predicted octanol–water partition coefficient (Wildman–Crippen LogP) is 1.97. The summed E-state index contributed by atoms with van der Waals surface area (Å²) >= 11 is 0. The highest BCUT2D eigenvalue weighted by molar-refractivity contribution is 5.85. The van der Waals surface area contributed by atoms with Crippen molar-refractivity contribution in [1.82, 2.24) is 19.7 Å². The maximum Gasteiger partial charge on any atom is 0.317 e. The molecule has 6 heteroatoms. The van der Waals surface area contributed by atoms with Gasteiger partial charge in [0, 0.05) is 45.1 Å². The molecule has 0 radical (unpaired) electrons. The molecule has 0 atom stereocenters. The molecule has 0 spiro atoms. The fourth-order valence-corrected chi connectivity index (χ4v) is 3.12. The standard InChI is InChI=1S/C20H26N4O2/c25-19-17-24(20(26)21-10-6-13-22-11-4-5-12-22)16-15-23(19)14-9-18-7-2-1-3-8-18/h1-5,7-8,11-12H,6,9-10,13-17H2,(H,21,26). The first-order valence-electron chi connectivity index (χ1n) is 9.17. The second-order valence-electron chi connectivity index (χ2n) is 6.54. The molecule has 1 aromatic heterocycles. The van der Waals surface area contributed by atoms with Gasteiger partial charge in [0.15, 0.2) is 0 Å². The molecule has 1 saturated heterocycles. The largest absolute Gasteiger partial charge is 0.354 e. The summed E-state index contributed by atoms with van der Waals surface area (Å²) in [4.78, 5) is 28.0. The van der Waals surface area contributed by atoms with Crippen molar-refractivity contribution in [2.24, 2.45) is 0 Å². The van der Waals surface area contributed by atoms with Crippen LogP contribution in [0.5, 0.6) is 0 Å². The van der Waals surface area contributed by atoms with Crippen molar-refractivity contribution in [3.05, 3.63) is 60.4 Å². The summed E-state index contributed by atoms with van der Waals surface area (Å²) in [5.74, 6) is 0.0228. The van der Waals surface area contributed by atoms with Crippen molar-refractivity contribution in [2.75, 3.05) is 32.7 Å². The van der Waals surface area contributed by atoms with Crippen LogP contribution in [0.3, 0.4) is 0 Å². The molecule has 3 amide bonds. The lowest BCUT2D eigenvalue weighted by atomic mass is 10.1. The van der Waals surface area contributed by atoms with Crippen molar-refractivity contribution in [3.63, 3.8) is 0 Å². The average molecular weight is 354 g/mol. The third kappa shape index (κ3) is 5.12. The summed E-state index contributed by atoms with van der Waals surface area (Å²) in [5, 5.41) is 2.91. The van der Waals surface area contributed by atoms with E-state index in [4.69, 9.17) is 0 Å². The van der Waals surface area contributed by atoms with Crippen LogP contribution < -0.4 is 5.32 Å². The molecule has 1 aliphatic rings. The van der Waals surface area contributed by atoms with Crippen LogP contribution in [0.2, 0.25) is 0 Å². The van der Waals surface area contributed by atoms with E-state index >= 15 is 0 Å². The first kappa shape index (κ1) is 18.0. The Balaban J connectivity index is 1.36. The molecular formula is C20H26N4O2. The molecule has 0 aliphatic carbocycles. The Kier molecular flexibility index (Phi) is 6.30. The van der Waals surface area contributed by atoms with Crippen LogP contribution in [0.25, 0.3) is 0 Å². The van der Waals surface area contributed by atoms with Crippen LogP contribution in [0, 0.1) is 0 Å². The summed E-state index contributed by atoms with van der Waals surface area (Å²) in [5.41, 5.74) is 1.23. The number of aryl methyl sites for hydroxylation is 1. The Bertz CT molecular complexity index is 700. The van der Waals surface area contributed by atoms with Gasteiger partial charge in [-0.1, -0.05) is 30.3 Å². The van der Waals surface area contributed by atoms with Crippen molar-refractivity contribution in [2.45, 2.75) is 19.4 Å². The van der Waals surface area contributed by atoms with Gasteiger partial charge in [-0.2, -0.15) is 0 Å². The van der Waals surface area contributed by atoms with Gasteiger partial charge in [-0.3, -0.25) is 4.79 Å². The maximum absolute atomic E-state index is 12.3. The molecule has 1 aromatic carbocycles. The van der Waals surface area contributed by atoms with Gasteiger partial charge in [0.25, 0.3) is 0 Å². The van der Waals surface area contributed by atoms with E-state index in [2.05, 4.69) is 22.0 Å². The van der Waals surface area contributed by atoms with Crippen molar-refractivity contribution in [1.29, 1.82) is 0 Å². The van der Waals surface area contributed by atoms with E-state index in [0.29, 0.717) is 26.2 Å². The van der Waals surface area contributed by atoms with Gasteiger partial charge in [-0.05, 0) is 30.5 Å². The van der Waals surface area contributed by atoms with Gasteiger partial charge in [-0.15, -0.1) is 0 Å². The molecule has 138 valence electrons. The summed E-state index contributed by atoms with van der Waals surface area (Å²) < 4.78 is 2.08. The zero-order chi connectivity index (χ0) is 18.2. The van der Waals surface area contributed by atoms with Gasteiger partial charge in [0.1, 0.15) is 6.54 Å². The number of benzene rings is 1. The average Bonchev–Trinajstić information content (AvgIpc) is 3.18. The third-order valence-corrected chi connectivity index (χ3v) is 4.65. The quantitative estimate of drug-likeness (QED) is 0.773. The van der Waals surface area contributed by atoms with Gasteiger partial charge in [-0.25, -0.2) is 4.79 Å². The van der Waals surface area contributed by atoms with Gasteiger partial charge >= 0.3 is 6.03 Å². The van der Waals surface area contributed by atoms with Crippen molar-refractivity contribution >= 4 is 11.9 Å². The maximum atomic E-state index is 12.3. The molecule has 0 saturated carbocycles. The molecule has 0 unspecified atom stereocenters. The zero-order valence-electron chi connectivity index (χ0n) is 15.0. The first-order chi connectivity index (χ1) is 12.7. The lowest BCUT2D eigenvalue weighted by Gasteiger charge is -2.34. The number of urea groups is 1. The lowest BCUT2D eigenvalue weighted by Crippen LogP contribution is -2.55. The second-order valence-corrected chi connectivity index (χ2v) is 6.54. The number of rotatable bonds is 7. The lowest BCUT2D eigenvalue weighted by molar-refractivity contribution is -0.134. The Morgan fingerprint density at radius 2 is 1.77 bits per heavy atom. The smallest absolute Gasteiger partial charge is 0.317 e. The fourth-order valence-electron chi connectivity index (χ4n) is 3.12. The molecule has 2 heterocycles. The summed E-state index contributed by atoms with van der Waals surface area (Å²) in [7, 11) is 0. The first-order valence-corrected chi connectivity index (χ1v) is 9.17. The Morgan fingerprint density at radius 3 is 2.50 bits per heavy atom. The molecule has 1 fully saturated rings.